The van der Waals surface area contributed by atoms with E-state index in [-0.39, 0.29) is 43.5 Å². The van der Waals surface area contributed by atoms with E-state index in [9.17, 15) is 4.79 Å². The molecule has 0 radical (unpaired) electrons. The summed E-state index contributed by atoms with van der Waals surface area (Å²) in [6, 6.07) is 9.31. The number of nitrogens with two attached hydrogens (primary N) is 1. The van der Waals surface area contributed by atoms with Gasteiger partial charge in [0.15, 0.2) is 0 Å². The Bertz CT molecular complexity index is 416. The van der Waals surface area contributed by atoms with E-state index in [4.69, 9.17) is 15.6 Å². The number of amides is 1. The minimum Gasteiger partial charge on any atom is -0.394 e. The average molecular weight is 301 g/mol. The molecule has 2 atom stereocenters. The number of halogens is 1. The molecule has 20 heavy (non-hydrogen) atoms. The Hall–Kier alpha value is -1.14. The normalized spacial score (nSPS) is 20.1. The first-order chi connectivity index (χ1) is 9.20. The summed E-state index contributed by atoms with van der Waals surface area (Å²) in [4.78, 5) is 13.9. The molecule has 1 fully saturated rings. The van der Waals surface area contributed by atoms with Crippen LogP contribution in [0.2, 0.25) is 0 Å². The Kier molecular flexibility index (Phi) is 6.95. The summed E-state index contributed by atoms with van der Waals surface area (Å²) in [5, 5.41) is 9.06. The number of morpholine rings is 1. The highest BCUT2D eigenvalue weighted by atomic mass is 35.5. The zero-order valence-corrected chi connectivity index (χ0v) is 12.1. The van der Waals surface area contributed by atoms with Gasteiger partial charge in [0.1, 0.15) is 0 Å². The first kappa shape index (κ1) is 16.9. The summed E-state index contributed by atoms with van der Waals surface area (Å²) < 4.78 is 5.32. The van der Waals surface area contributed by atoms with Crippen molar-refractivity contribution < 1.29 is 14.6 Å². The van der Waals surface area contributed by atoms with E-state index >= 15 is 0 Å². The number of hydrogen-bond acceptors (Lipinski definition) is 4. The van der Waals surface area contributed by atoms with Gasteiger partial charge in [0.05, 0.1) is 19.3 Å². The van der Waals surface area contributed by atoms with Crippen molar-refractivity contribution in [3.8, 4) is 0 Å². The van der Waals surface area contributed by atoms with Crippen LogP contribution in [0.1, 0.15) is 18.0 Å². The first-order valence-corrected chi connectivity index (χ1v) is 6.51. The third-order valence-electron chi connectivity index (χ3n) is 3.32. The molecule has 3 N–H and O–H groups in total. The summed E-state index contributed by atoms with van der Waals surface area (Å²) in [5.41, 5.74) is 7.00. The summed E-state index contributed by atoms with van der Waals surface area (Å²) in [6.07, 6.45) is 0.00738. The molecule has 1 aromatic carbocycles. The van der Waals surface area contributed by atoms with Gasteiger partial charge in [-0.1, -0.05) is 30.3 Å². The van der Waals surface area contributed by atoms with Crippen LogP contribution in [0.5, 0.6) is 0 Å². The predicted molar refractivity (Wildman–Crippen MR) is 78.6 cm³/mol. The SMILES string of the molecule is Cl.NC(CC(=O)N1CCOC(CO)C1)c1ccccc1. The van der Waals surface area contributed by atoms with Gasteiger partial charge < -0.3 is 20.5 Å². The average Bonchev–Trinajstić information content (AvgIpc) is 2.48. The first-order valence-electron chi connectivity index (χ1n) is 6.51. The van der Waals surface area contributed by atoms with Crippen LogP contribution in [-0.2, 0) is 9.53 Å². The van der Waals surface area contributed by atoms with Gasteiger partial charge in [-0.15, -0.1) is 12.4 Å². The van der Waals surface area contributed by atoms with Gasteiger partial charge in [-0.05, 0) is 5.56 Å². The summed E-state index contributed by atoms with van der Waals surface area (Å²) >= 11 is 0. The molecule has 5 nitrogen and oxygen atoms in total. The highest BCUT2D eigenvalue weighted by Crippen LogP contribution is 2.16. The van der Waals surface area contributed by atoms with Crippen LogP contribution < -0.4 is 5.73 Å². The maximum absolute atomic E-state index is 12.2. The van der Waals surface area contributed by atoms with E-state index in [0.717, 1.165) is 5.56 Å². The molecular formula is C14H21ClN2O3. The lowest BCUT2D eigenvalue weighted by molar-refractivity contribution is -0.140. The van der Waals surface area contributed by atoms with Crippen molar-refractivity contribution in [2.75, 3.05) is 26.3 Å². The molecule has 2 rings (SSSR count). The fourth-order valence-electron chi connectivity index (χ4n) is 2.19. The molecular weight excluding hydrogens is 280 g/mol. The predicted octanol–water partition coefficient (Wildman–Crippen LogP) is 0.718. The summed E-state index contributed by atoms with van der Waals surface area (Å²) in [5.74, 6) is 0.0121. The van der Waals surface area contributed by atoms with Crippen molar-refractivity contribution in [2.45, 2.75) is 18.6 Å². The molecule has 0 spiro atoms. The van der Waals surface area contributed by atoms with Gasteiger partial charge in [0.25, 0.3) is 0 Å². The highest BCUT2D eigenvalue weighted by Gasteiger charge is 2.24. The maximum Gasteiger partial charge on any atom is 0.224 e. The van der Waals surface area contributed by atoms with Crippen LogP contribution in [0.25, 0.3) is 0 Å². The number of hydrogen-bond donors (Lipinski definition) is 2. The van der Waals surface area contributed by atoms with Crippen molar-refractivity contribution in [3.63, 3.8) is 0 Å². The van der Waals surface area contributed by atoms with Gasteiger partial charge in [-0.2, -0.15) is 0 Å². The lowest BCUT2D eigenvalue weighted by Gasteiger charge is -2.32. The third-order valence-corrected chi connectivity index (χ3v) is 3.32. The molecule has 6 heteroatoms. The fraction of sp³-hybridized carbons (Fsp3) is 0.500. The Labute approximate surface area is 125 Å². The van der Waals surface area contributed by atoms with Crippen molar-refractivity contribution in [1.82, 2.24) is 4.90 Å². The molecule has 0 bridgehead atoms. The molecule has 0 saturated carbocycles. The minimum absolute atomic E-state index is 0. The van der Waals surface area contributed by atoms with Crippen molar-refractivity contribution in [2.24, 2.45) is 5.73 Å². The third kappa shape index (κ3) is 4.45. The summed E-state index contributed by atoms with van der Waals surface area (Å²) in [7, 11) is 0. The Morgan fingerprint density at radius 1 is 1.45 bits per heavy atom. The number of aliphatic hydroxyl groups excluding tert-OH is 1. The second-order valence-electron chi connectivity index (χ2n) is 4.74. The maximum atomic E-state index is 12.2. The van der Waals surface area contributed by atoms with E-state index in [1.807, 2.05) is 30.3 Å². The van der Waals surface area contributed by atoms with Crippen LogP contribution in [-0.4, -0.2) is 48.3 Å². The largest absolute Gasteiger partial charge is 0.394 e. The zero-order chi connectivity index (χ0) is 13.7. The topological polar surface area (TPSA) is 75.8 Å². The number of aliphatic hydroxyl groups is 1. The lowest BCUT2D eigenvalue weighted by Crippen LogP contribution is -2.47. The van der Waals surface area contributed by atoms with Crippen LogP contribution in [0.15, 0.2) is 30.3 Å². The number of benzene rings is 1. The second-order valence-corrected chi connectivity index (χ2v) is 4.74. The van der Waals surface area contributed by atoms with E-state index in [2.05, 4.69) is 0 Å². The minimum atomic E-state index is -0.288. The van der Waals surface area contributed by atoms with Gasteiger partial charge in [0, 0.05) is 25.6 Å². The highest BCUT2D eigenvalue weighted by molar-refractivity contribution is 5.85. The standard InChI is InChI=1S/C14H20N2O3.ClH/c15-13(11-4-2-1-3-5-11)8-14(18)16-6-7-19-12(9-16)10-17;/h1-5,12-13,17H,6-10,15H2;1H. The van der Waals surface area contributed by atoms with Gasteiger partial charge in [0.2, 0.25) is 5.91 Å². The van der Waals surface area contributed by atoms with E-state index in [1.165, 1.54) is 0 Å². The number of rotatable bonds is 4. The van der Waals surface area contributed by atoms with Crippen LogP contribution >= 0.6 is 12.4 Å². The van der Waals surface area contributed by atoms with Crippen molar-refractivity contribution >= 4 is 18.3 Å². The second kappa shape index (κ2) is 8.21. The number of carbonyl (C=O) groups excluding carboxylic acids is 1. The fourth-order valence-corrected chi connectivity index (χ4v) is 2.19. The monoisotopic (exact) mass is 300 g/mol. The quantitative estimate of drug-likeness (QED) is 0.859. The van der Waals surface area contributed by atoms with Gasteiger partial charge in [-0.3, -0.25) is 4.79 Å². The van der Waals surface area contributed by atoms with Crippen molar-refractivity contribution in [3.05, 3.63) is 35.9 Å². The molecule has 0 aromatic heterocycles. The van der Waals surface area contributed by atoms with Crippen LogP contribution in [0, 0.1) is 0 Å². The number of ether oxygens (including phenoxy) is 1. The Morgan fingerprint density at radius 2 is 2.15 bits per heavy atom. The zero-order valence-electron chi connectivity index (χ0n) is 11.3. The van der Waals surface area contributed by atoms with Crippen LogP contribution in [0.4, 0.5) is 0 Å². The number of nitrogens with zero attached hydrogens (tertiary/aromatic N) is 1. The molecule has 1 heterocycles. The van der Waals surface area contributed by atoms with Gasteiger partial charge >= 0.3 is 0 Å². The molecule has 1 aromatic rings. The van der Waals surface area contributed by atoms with Crippen molar-refractivity contribution in [1.29, 1.82) is 0 Å². The van der Waals surface area contributed by atoms with E-state index in [0.29, 0.717) is 19.7 Å². The molecule has 0 aliphatic carbocycles. The molecule has 1 saturated heterocycles. The lowest BCUT2D eigenvalue weighted by atomic mass is 10.0. The molecule has 1 aliphatic heterocycles. The smallest absolute Gasteiger partial charge is 0.224 e. The van der Waals surface area contributed by atoms with Gasteiger partial charge in [-0.25, -0.2) is 0 Å². The summed E-state index contributed by atoms with van der Waals surface area (Å²) in [6.45, 7) is 1.42. The number of carbonyl (C=O) groups is 1. The molecule has 1 amide bonds. The van der Waals surface area contributed by atoms with Crippen LogP contribution in [0.3, 0.4) is 0 Å². The molecule has 112 valence electrons. The van der Waals surface area contributed by atoms with E-state index < -0.39 is 0 Å². The molecule has 2 unspecified atom stereocenters. The molecule has 1 aliphatic rings. The Morgan fingerprint density at radius 3 is 2.80 bits per heavy atom. The Balaban J connectivity index is 0.00000200. The van der Waals surface area contributed by atoms with E-state index in [1.54, 1.807) is 4.90 Å².